The first-order valence-electron chi connectivity index (χ1n) is 13.4. The molecule has 1 aliphatic rings. The van der Waals surface area contributed by atoms with Crippen LogP contribution in [-0.2, 0) is 35.5 Å². The number of aliphatic hydroxyl groups is 4. The molecule has 1 aromatic carbocycles. The first-order chi connectivity index (χ1) is 20.1. The van der Waals surface area contributed by atoms with Gasteiger partial charge in [0.05, 0.1) is 31.4 Å². The number of benzene rings is 1. The van der Waals surface area contributed by atoms with Gasteiger partial charge in [-0.15, -0.1) is 0 Å². The molecule has 1 aliphatic heterocycles. The van der Waals surface area contributed by atoms with Crippen LogP contribution in [-0.4, -0.2) is 88.5 Å². The van der Waals surface area contributed by atoms with E-state index < -0.39 is 43.4 Å². The van der Waals surface area contributed by atoms with Gasteiger partial charge in [-0.3, -0.25) is 13.8 Å². The third-order valence-electron chi connectivity index (χ3n) is 7.03. The molecule has 1 fully saturated rings. The van der Waals surface area contributed by atoms with Crippen molar-refractivity contribution in [1.29, 1.82) is 0 Å². The third kappa shape index (κ3) is 6.93. The summed E-state index contributed by atoms with van der Waals surface area (Å²) in [6, 6.07) is 9.05. The molecule has 3 heterocycles. The van der Waals surface area contributed by atoms with Crippen LogP contribution in [0.5, 0.6) is 0 Å². The molecule has 3 aromatic rings. The molecule has 0 radical (unpaired) electrons. The minimum absolute atomic E-state index is 0.0304. The average molecular weight is 641 g/mol. The number of anilines is 1. The summed E-state index contributed by atoms with van der Waals surface area (Å²) < 4.78 is 31.9. The van der Waals surface area contributed by atoms with Crippen LogP contribution in [0, 0.1) is 12.3 Å². The van der Waals surface area contributed by atoms with Gasteiger partial charge >= 0.3 is 7.75 Å². The first kappa shape index (κ1) is 33.4. The number of aryl methyl sites for hydroxylation is 1. The standard InChI is InChI=1S/C26H37N6O9PS/c1-16-30-21(27)22-28-13-19(32(22)31-16)26(37)25(4,36)20(34)18(41-26)14-40-42(38,29-12-17-8-6-5-7-9-17)39-10-11-43-23(35)24(2,3)15-33/h5-9,13,18,20,33-34,36-37H,10-12,14-15H2,1-4H3,(H,29,38)(H2,27,30,31)/t18-,20-,25-,26+,42?/m1/s1. The number of imidazole rings is 1. The van der Waals surface area contributed by atoms with Crippen LogP contribution in [0.2, 0.25) is 0 Å². The van der Waals surface area contributed by atoms with Crippen molar-refractivity contribution in [3.8, 4) is 0 Å². The van der Waals surface area contributed by atoms with Gasteiger partial charge in [-0.2, -0.15) is 5.10 Å². The Kier molecular flexibility index (Phi) is 9.98. The van der Waals surface area contributed by atoms with Crippen LogP contribution in [0.4, 0.5) is 5.82 Å². The van der Waals surface area contributed by atoms with Crippen molar-refractivity contribution in [1.82, 2.24) is 24.7 Å². The maximum Gasteiger partial charge on any atom is 0.405 e. The van der Waals surface area contributed by atoms with Crippen LogP contribution >= 0.6 is 19.5 Å². The maximum absolute atomic E-state index is 13.8. The van der Waals surface area contributed by atoms with E-state index in [1.54, 1.807) is 45.0 Å². The smallest absolute Gasteiger partial charge is 0.395 e. The molecule has 0 amide bonds. The highest BCUT2D eigenvalue weighted by Crippen LogP contribution is 2.49. The van der Waals surface area contributed by atoms with Crippen LogP contribution in [0.3, 0.4) is 0 Å². The van der Waals surface area contributed by atoms with Crippen molar-refractivity contribution >= 4 is 36.1 Å². The Hall–Kier alpha value is -2.50. The van der Waals surface area contributed by atoms with Gasteiger partial charge in [-0.25, -0.2) is 24.1 Å². The van der Waals surface area contributed by atoms with E-state index in [1.165, 1.54) is 13.1 Å². The van der Waals surface area contributed by atoms with E-state index >= 15 is 0 Å². The number of thioether (sulfide) groups is 1. The molecule has 0 spiro atoms. The molecule has 1 saturated heterocycles. The van der Waals surface area contributed by atoms with Crippen molar-refractivity contribution in [2.45, 2.75) is 57.8 Å². The molecule has 5 atom stereocenters. The zero-order valence-electron chi connectivity index (χ0n) is 24.2. The summed E-state index contributed by atoms with van der Waals surface area (Å²) in [7, 11) is -4.10. The molecule has 7 N–H and O–H groups in total. The fourth-order valence-corrected chi connectivity index (χ4v) is 6.53. The second-order valence-electron chi connectivity index (χ2n) is 10.9. The van der Waals surface area contributed by atoms with Crippen LogP contribution in [0.1, 0.15) is 37.9 Å². The number of hydrogen-bond acceptors (Lipinski definition) is 14. The molecule has 2 aromatic heterocycles. The number of fused-ring (bicyclic) bond motifs is 1. The van der Waals surface area contributed by atoms with Gasteiger partial charge in [0.2, 0.25) is 5.79 Å². The monoisotopic (exact) mass is 640 g/mol. The Balaban J connectivity index is 1.50. The van der Waals surface area contributed by atoms with E-state index in [2.05, 4.69) is 20.2 Å². The van der Waals surface area contributed by atoms with Gasteiger partial charge in [0.15, 0.2) is 16.6 Å². The highest BCUT2D eigenvalue weighted by molar-refractivity contribution is 8.13. The lowest BCUT2D eigenvalue weighted by Gasteiger charge is -2.33. The Morgan fingerprint density at radius 3 is 2.65 bits per heavy atom. The molecule has 4 rings (SSSR count). The van der Waals surface area contributed by atoms with E-state index in [4.69, 9.17) is 19.5 Å². The fraction of sp³-hybridized carbons (Fsp3) is 0.538. The van der Waals surface area contributed by atoms with Crippen molar-refractivity contribution in [2.75, 3.05) is 31.3 Å². The number of carbonyl (C=O) groups is 1. The number of aromatic nitrogens is 4. The predicted molar refractivity (Wildman–Crippen MR) is 156 cm³/mol. The average Bonchev–Trinajstić information content (AvgIpc) is 3.47. The van der Waals surface area contributed by atoms with Crippen molar-refractivity contribution in [3.63, 3.8) is 0 Å². The molecule has 0 saturated carbocycles. The number of aliphatic hydroxyl groups excluding tert-OH is 2. The summed E-state index contributed by atoms with van der Waals surface area (Å²) in [5.74, 6) is -2.12. The number of nitrogens with zero attached hydrogens (tertiary/aromatic N) is 4. The molecule has 1 unspecified atom stereocenters. The van der Waals surface area contributed by atoms with Crippen LogP contribution in [0.25, 0.3) is 5.65 Å². The lowest BCUT2D eigenvalue weighted by molar-refractivity contribution is -0.275. The molecule has 0 aliphatic carbocycles. The molecular formula is C26H37N6O9PS. The minimum Gasteiger partial charge on any atom is -0.395 e. The van der Waals surface area contributed by atoms with Gasteiger partial charge in [-0.1, -0.05) is 42.1 Å². The molecule has 43 heavy (non-hydrogen) atoms. The molecular weight excluding hydrogens is 603 g/mol. The van der Waals surface area contributed by atoms with Crippen molar-refractivity contribution in [2.24, 2.45) is 5.41 Å². The van der Waals surface area contributed by atoms with Crippen molar-refractivity contribution < 1.29 is 43.6 Å². The summed E-state index contributed by atoms with van der Waals surface area (Å²) >= 11 is 0.921. The summed E-state index contributed by atoms with van der Waals surface area (Å²) in [5.41, 5.74) is 3.43. The predicted octanol–water partition coefficient (Wildman–Crippen LogP) is 0.880. The number of carbonyl (C=O) groups excluding carboxylic acids is 1. The van der Waals surface area contributed by atoms with Gasteiger partial charge in [0, 0.05) is 12.3 Å². The number of nitrogens with two attached hydrogens (primary N) is 1. The van der Waals surface area contributed by atoms with Crippen molar-refractivity contribution in [3.05, 3.63) is 53.6 Å². The number of ether oxygens (including phenoxy) is 1. The molecule has 0 bridgehead atoms. The quantitative estimate of drug-likeness (QED) is 0.113. The second-order valence-corrected chi connectivity index (χ2v) is 13.8. The fourth-order valence-electron chi connectivity index (χ4n) is 4.29. The van der Waals surface area contributed by atoms with E-state index in [-0.39, 0.29) is 53.6 Å². The van der Waals surface area contributed by atoms with E-state index in [0.29, 0.717) is 0 Å². The van der Waals surface area contributed by atoms with Crippen LogP contribution < -0.4 is 10.8 Å². The summed E-state index contributed by atoms with van der Waals surface area (Å²) in [6.45, 7) is 5.00. The number of hydrogen-bond donors (Lipinski definition) is 6. The van der Waals surface area contributed by atoms with Gasteiger partial charge in [0.25, 0.3) is 0 Å². The lowest BCUT2D eigenvalue weighted by atomic mass is 9.88. The maximum atomic E-state index is 13.8. The highest BCUT2D eigenvalue weighted by atomic mass is 32.2. The SMILES string of the molecule is Cc1nc(N)c2ncc([C@]3(O)O[C@H](COP(=O)(NCc4ccccc4)OCCSC(=O)C(C)(C)CO)[C@@H](O)[C@@]3(C)O)n2n1. The molecule has 236 valence electrons. The van der Waals surface area contributed by atoms with E-state index in [0.717, 1.165) is 21.8 Å². The van der Waals surface area contributed by atoms with E-state index in [1.807, 2.05) is 6.07 Å². The lowest BCUT2D eigenvalue weighted by Crippen LogP contribution is -2.53. The summed E-state index contributed by atoms with van der Waals surface area (Å²) in [4.78, 5) is 20.5. The van der Waals surface area contributed by atoms with Gasteiger partial charge < -0.3 is 30.9 Å². The number of nitrogen functional groups attached to an aromatic ring is 1. The minimum atomic E-state index is -4.10. The number of rotatable bonds is 13. The third-order valence-corrected chi connectivity index (χ3v) is 9.77. The largest absolute Gasteiger partial charge is 0.405 e. The highest BCUT2D eigenvalue weighted by Gasteiger charge is 2.64. The van der Waals surface area contributed by atoms with Gasteiger partial charge in [0.1, 0.15) is 29.3 Å². The van der Waals surface area contributed by atoms with Gasteiger partial charge in [-0.05, 0) is 33.3 Å². The Labute approximate surface area is 252 Å². The molecule has 15 nitrogen and oxygen atoms in total. The molecule has 17 heteroatoms. The Bertz CT molecular complexity index is 1490. The Morgan fingerprint density at radius 2 is 1.98 bits per heavy atom. The summed E-state index contributed by atoms with van der Waals surface area (Å²) in [6.07, 6.45) is -1.92. The summed E-state index contributed by atoms with van der Waals surface area (Å²) in [5, 5.41) is 49.9. The first-order valence-corrected chi connectivity index (χ1v) is 15.9. The zero-order chi connectivity index (χ0) is 31.6. The number of nitrogens with one attached hydrogen (secondary N) is 1. The Morgan fingerprint density at radius 1 is 1.28 bits per heavy atom. The topological polar surface area (TPSA) is 224 Å². The normalized spacial score (nSPS) is 25.7. The zero-order valence-corrected chi connectivity index (χ0v) is 25.9. The van der Waals surface area contributed by atoms with Crippen LogP contribution in [0.15, 0.2) is 36.5 Å². The second kappa shape index (κ2) is 12.9. The van der Waals surface area contributed by atoms with E-state index in [9.17, 15) is 29.8 Å².